The van der Waals surface area contributed by atoms with Crippen molar-refractivity contribution in [3.8, 4) is 23.1 Å². The number of nitrogens with one attached hydrogen (secondary N) is 2. The molecule has 3 N–H and O–H groups in total. The number of nitriles is 1. The van der Waals surface area contributed by atoms with Gasteiger partial charge in [-0.2, -0.15) is 10.2 Å². The van der Waals surface area contributed by atoms with Gasteiger partial charge in [0.25, 0.3) is 0 Å². The standard InChI is InChI=1S/C20H15F4N5O2/c21-15-5-2-6-16(14(15)11-25)27-18-10-17(28-19(29-18)26-7-8-30)12-3-1-4-13(9-12)31-20(22,23)24/h1-6,9-10,30H,7-8H2,(H2,26,27,28,29). The van der Waals surface area contributed by atoms with Crippen molar-refractivity contribution in [2.24, 2.45) is 0 Å². The van der Waals surface area contributed by atoms with Crippen molar-refractivity contribution in [3.05, 3.63) is 59.9 Å². The Labute approximate surface area is 174 Å². The molecule has 0 radical (unpaired) electrons. The van der Waals surface area contributed by atoms with E-state index in [4.69, 9.17) is 5.11 Å². The third-order valence-corrected chi connectivity index (χ3v) is 3.87. The minimum absolute atomic E-state index is 0.0612. The van der Waals surface area contributed by atoms with Gasteiger partial charge in [0.1, 0.15) is 29.0 Å². The van der Waals surface area contributed by atoms with E-state index >= 15 is 0 Å². The van der Waals surface area contributed by atoms with Crippen LogP contribution in [0.2, 0.25) is 0 Å². The van der Waals surface area contributed by atoms with Crippen LogP contribution >= 0.6 is 0 Å². The van der Waals surface area contributed by atoms with E-state index in [1.165, 1.54) is 30.3 Å². The Kier molecular flexibility index (Phi) is 6.52. The van der Waals surface area contributed by atoms with Crippen LogP contribution in [0.3, 0.4) is 0 Å². The largest absolute Gasteiger partial charge is 0.573 e. The molecule has 0 atom stereocenters. The minimum Gasteiger partial charge on any atom is -0.406 e. The van der Waals surface area contributed by atoms with Crippen LogP contribution < -0.4 is 15.4 Å². The number of anilines is 3. The summed E-state index contributed by atoms with van der Waals surface area (Å²) in [7, 11) is 0. The Hall–Kier alpha value is -3.91. The van der Waals surface area contributed by atoms with Gasteiger partial charge >= 0.3 is 6.36 Å². The fourth-order valence-electron chi connectivity index (χ4n) is 2.64. The fourth-order valence-corrected chi connectivity index (χ4v) is 2.64. The highest BCUT2D eigenvalue weighted by Crippen LogP contribution is 2.30. The fraction of sp³-hybridized carbons (Fsp3) is 0.150. The lowest BCUT2D eigenvalue weighted by molar-refractivity contribution is -0.274. The van der Waals surface area contributed by atoms with Crippen LogP contribution in [0.15, 0.2) is 48.5 Å². The number of aromatic nitrogens is 2. The van der Waals surface area contributed by atoms with Crippen molar-refractivity contribution in [2.75, 3.05) is 23.8 Å². The second-order valence-electron chi connectivity index (χ2n) is 6.09. The van der Waals surface area contributed by atoms with Gasteiger partial charge in [0.2, 0.25) is 5.95 Å². The van der Waals surface area contributed by atoms with Crippen LogP contribution in [0.25, 0.3) is 11.3 Å². The second kappa shape index (κ2) is 9.27. The summed E-state index contributed by atoms with van der Waals surface area (Å²) in [4.78, 5) is 8.42. The van der Waals surface area contributed by atoms with Crippen molar-refractivity contribution in [1.29, 1.82) is 5.26 Å². The van der Waals surface area contributed by atoms with Crippen molar-refractivity contribution >= 4 is 17.5 Å². The molecular formula is C20H15F4N5O2. The topological polar surface area (TPSA) is 103 Å². The predicted molar refractivity (Wildman–Crippen MR) is 104 cm³/mol. The summed E-state index contributed by atoms with van der Waals surface area (Å²) in [5.74, 6) is -0.946. The molecule has 11 heteroatoms. The summed E-state index contributed by atoms with van der Waals surface area (Å²) in [5.41, 5.74) is 0.432. The first kappa shape index (κ1) is 21.8. The van der Waals surface area contributed by atoms with Gasteiger partial charge in [-0.15, -0.1) is 13.2 Å². The average molecular weight is 433 g/mol. The van der Waals surface area contributed by atoms with E-state index in [9.17, 15) is 22.8 Å². The van der Waals surface area contributed by atoms with Gasteiger partial charge in [0, 0.05) is 18.2 Å². The zero-order valence-electron chi connectivity index (χ0n) is 15.7. The van der Waals surface area contributed by atoms with E-state index in [2.05, 4.69) is 25.3 Å². The molecule has 3 aromatic rings. The zero-order chi connectivity index (χ0) is 22.4. The molecule has 0 aliphatic heterocycles. The number of hydrogen-bond donors (Lipinski definition) is 3. The molecule has 0 bridgehead atoms. The molecule has 0 spiro atoms. The van der Waals surface area contributed by atoms with Gasteiger partial charge in [0.15, 0.2) is 0 Å². The lowest BCUT2D eigenvalue weighted by Crippen LogP contribution is -2.17. The third-order valence-electron chi connectivity index (χ3n) is 3.87. The first-order valence-corrected chi connectivity index (χ1v) is 8.84. The summed E-state index contributed by atoms with van der Waals surface area (Å²) in [6, 6.07) is 12.4. The van der Waals surface area contributed by atoms with Crippen LogP contribution in [-0.4, -0.2) is 34.6 Å². The SMILES string of the molecule is N#Cc1c(F)cccc1Nc1cc(-c2cccc(OC(F)(F)F)c2)nc(NCCO)n1. The average Bonchev–Trinajstić information content (AvgIpc) is 2.71. The monoisotopic (exact) mass is 433 g/mol. The molecule has 0 fully saturated rings. The number of aliphatic hydroxyl groups is 1. The lowest BCUT2D eigenvalue weighted by atomic mass is 10.1. The molecule has 31 heavy (non-hydrogen) atoms. The van der Waals surface area contributed by atoms with Crippen LogP contribution in [0.5, 0.6) is 5.75 Å². The minimum atomic E-state index is -4.85. The zero-order valence-corrected chi connectivity index (χ0v) is 15.7. The van der Waals surface area contributed by atoms with E-state index in [0.29, 0.717) is 5.56 Å². The normalized spacial score (nSPS) is 11.0. The van der Waals surface area contributed by atoms with E-state index in [-0.39, 0.29) is 41.9 Å². The van der Waals surface area contributed by atoms with Gasteiger partial charge in [0.05, 0.1) is 18.0 Å². The maximum absolute atomic E-state index is 13.9. The van der Waals surface area contributed by atoms with Crippen LogP contribution in [0.1, 0.15) is 5.56 Å². The Balaban J connectivity index is 2.01. The second-order valence-corrected chi connectivity index (χ2v) is 6.09. The van der Waals surface area contributed by atoms with E-state index in [1.807, 2.05) is 0 Å². The first-order chi connectivity index (χ1) is 14.8. The molecule has 0 saturated heterocycles. The van der Waals surface area contributed by atoms with E-state index in [0.717, 1.165) is 18.2 Å². The van der Waals surface area contributed by atoms with Crippen molar-refractivity contribution in [3.63, 3.8) is 0 Å². The summed E-state index contributed by atoms with van der Waals surface area (Å²) >= 11 is 0. The van der Waals surface area contributed by atoms with Gasteiger partial charge in [-0.25, -0.2) is 9.37 Å². The Bertz CT molecular complexity index is 1120. The smallest absolute Gasteiger partial charge is 0.406 e. The first-order valence-electron chi connectivity index (χ1n) is 8.84. The maximum atomic E-state index is 13.9. The van der Waals surface area contributed by atoms with Gasteiger partial charge < -0.3 is 20.5 Å². The predicted octanol–water partition coefficient (Wildman–Crippen LogP) is 4.20. The van der Waals surface area contributed by atoms with Crippen LogP contribution in [0.4, 0.5) is 35.0 Å². The number of hydrogen-bond acceptors (Lipinski definition) is 7. The molecule has 7 nitrogen and oxygen atoms in total. The molecule has 2 aromatic carbocycles. The number of ether oxygens (including phenoxy) is 1. The molecule has 1 heterocycles. The molecule has 0 amide bonds. The van der Waals surface area contributed by atoms with Gasteiger partial charge in [-0.05, 0) is 24.3 Å². The Morgan fingerprint density at radius 2 is 1.87 bits per heavy atom. The highest BCUT2D eigenvalue weighted by Gasteiger charge is 2.31. The van der Waals surface area contributed by atoms with E-state index < -0.39 is 17.9 Å². The van der Waals surface area contributed by atoms with Crippen LogP contribution in [0, 0.1) is 17.1 Å². The van der Waals surface area contributed by atoms with Gasteiger partial charge in [-0.3, -0.25) is 0 Å². The number of nitrogens with zero attached hydrogens (tertiary/aromatic N) is 3. The lowest BCUT2D eigenvalue weighted by Gasteiger charge is -2.13. The van der Waals surface area contributed by atoms with E-state index in [1.54, 1.807) is 6.07 Å². The van der Waals surface area contributed by atoms with Crippen molar-refractivity contribution < 1.29 is 27.4 Å². The molecule has 3 rings (SSSR count). The Morgan fingerprint density at radius 1 is 1.10 bits per heavy atom. The number of benzene rings is 2. The number of halogens is 4. The summed E-state index contributed by atoms with van der Waals surface area (Å²) in [6.45, 7) is -0.0999. The highest BCUT2D eigenvalue weighted by atomic mass is 19.4. The maximum Gasteiger partial charge on any atom is 0.573 e. The third kappa shape index (κ3) is 5.80. The quantitative estimate of drug-likeness (QED) is 0.480. The molecule has 0 saturated carbocycles. The van der Waals surface area contributed by atoms with Gasteiger partial charge in [-0.1, -0.05) is 18.2 Å². The number of alkyl halides is 3. The van der Waals surface area contributed by atoms with Crippen molar-refractivity contribution in [2.45, 2.75) is 6.36 Å². The summed E-state index contributed by atoms with van der Waals surface area (Å²) in [6.07, 6.45) is -4.85. The van der Waals surface area contributed by atoms with Crippen LogP contribution in [-0.2, 0) is 0 Å². The molecular weight excluding hydrogens is 418 g/mol. The molecule has 0 unspecified atom stereocenters. The summed E-state index contributed by atoms with van der Waals surface area (Å²) < 4.78 is 55.4. The molecule has 1 aromatic heterocycles. The number of rotatable bonds is 7. The molecule has 0 aliphatic carbocycles. The highest BCUT2D eigenvalue weighted by molar-refractivity contribution is 5.70. The molecule has 160 valence electrons. The number of aliphatic hydroxyl groups excluding tert-OH is 1. The Morgan fingerprint density at radius 3 is 2.58 bits per heavy atom. The van der Waals surface area contributed by atoms with Crippen molar-refractivity contribution in [1.82, 2.24) is 9.97 Å². The summed E-state index contributed by atoms with van der Waals surface area (Å²) in [5, 5.41) is 23.8. The molecule has 0 aliphatic rings.